The van der Waals surface area contributed by atoms with Gasteiger partial charge in [0.2, 0.25) is 11.8 Å². The molecule has 7 heteroatoms. The van der Waals surface area contributed by atoms with Crippen LogP contribution in [-0.4, -0.2) is 44.4 Å². The molecule has 23 heavy (non-hydrogen) atoms. The molecule has 0 unspecified atom stereocenters. The van der Waals surface area contributed by atoms with E-state index in [4.69, 9.17) is 0 Å². The molecule has 1 atom stereocenters. The monoisotopic (exact) mass is 336 g/mol. The van der Waals surface area contributed by atoms with E-state index in [-0.39, 0.29) is 17.2 Å². The molecule has 2 heterocycles. The summed E-state index contributed by atoms with van der Waals surface area (Å²) in [6, 6.07) is 1.39. The Morgan fingerprint density at radius 2 is 2.17 bits per heavy atom. The van der Waals surface area contributed by atoms with Gasteiger partial charge in [-0.25, -0.2) is 9.97 Å². The minimum atomic E-state index is -0.391. The molecule has 1 aromatic rings. The lowest BCUT2D eigenvalue weighted by atomic mass is 9.91. The summed E-state index contributed by atoms with van der Waals surface area (Å²) in [5.74, 6) is 1.83. The van der Waals surface area contributed by atoms with Crippen molar-refractivity contribution in [1.82, 2.24) is 20.2 Å². The van der Waals surface area contributed by atoms with Gasteiger partial charge in [-0.2, -0.15) is 0 Å². The number of carbonyl (C=O) groups excluding carboxylic acids is 2. The van der Waals surface area contributed by atoms with Crippen LogP contribution in [0.15, 0.2) is 12.3 Å². The van der Waals surface area contributed by atoms with Gasteiger partial charge in [0.25, 0.3) is 0 Å². The number of hydrogen-bond donors (Lipinski definition) is 1. The van der Waals surface area contributed by atoms with Crippen LogP contribution in [0.4, 0.5) is 0 Å². The zero-order valence-electron chi connectivity index (χ0n) is 14.1. The van der Waals surface area contributed by atoms with Crippen LogP contribution in [0.2, 0.25) is 0 Å². The summed E-state index contributed by atoms with van der Waals surface area (Å²) in [6.45, 7) is 8.25. The molecule has 0 radical (unpaired) electrons. The van der Waals surface area contributed by atoms with E-state index in [2.05, 4.69) is 15.3 Å². The third kappa shape index (κ3) is 5.20. The first-order valence-electron chi connectivity index (χ1n) is 7.70. The highest BCUT2D eigenvalue weighted by Crippen LogP contribution is 2.26. The highest BCUT2D eigenvalue weighted by Gasteiger charge is 2.35. The van der Waals surface area contributed by atoms with E-state index in [1.54, 1.807) is 28.9 Å². The largest absolute Gasteiger partial charge is 0.349 e. The van der Waals surface area contributed by atoms with E-state index in [1.807, 2.05) is 27.7 Å². The molecule has 0 aliphatic carbocycles. The Balaban J connectivity index is 1.94. The first-order valence-corrected chi connectivity index (χ1v) is 8.85. The normalized spacial score (nSPS) is 18.1. The van der Waals surface area contributed by atoms with Crippen LogP contribution in [0.25, 0.3) is 0 Å². The molecule has 1 aliphatic heterocycles. The topological polar surface area (TPSA) is 75.2 Å². The SMILES string of the molecule is Cc1nccc(CNC(=O)[C@H]2CSCN2C(=O)CC(C)(C)C)n1. The maximum atomic E-state index is 12.4. The fraction of sp³-hybridized carbons (Fsp3) is 0.625. The molecule has 1 fully saturated rings. The van der Waals surface area contributed by atoms with Gasteiger partial charge in [0.1, 0.15) is 11.9 Å². The smallest absolute Gasteiger partial charge is 0.244 e. The number of carbonyl (C=O) groups is 2. The van der Waals surface area contributed by atoms with Crippen molar-refractivity contribution in [3.8, 4) is 0 Å². The average Bonchev–Trinajstić information content (AvgIpc) is 2.92. The van der Waals surface area contributed by atoms with Gasteiger partial charge in [0.15, 0.2) is 0 Å². The van der Waals surface area contributed by atoms with E-state index >= 15 is 0 Å². The minimum Gasteiger partial charge on any atom is -0.349 e. The van der Waals surface area contributed by atoms with Gasteiger partial charge >= 0.3 is 0 Å². The molecule has 1 N–H and O–H groups in total. The summed E-state index contributed by atoms with van der Waals surface area (Å²) < 4.78 is 0. The lowest BCUT2D eigenvalue weighted by Crippen LogP contribution is -2.47. The number of rotatable bonds is 4. The highest BCUT2D eigenvalue weighted by atomic mass is 32.2. The van der Waals surface area contributed by atoms with E-state index in [0.717, 1.165) is 5.69 Å². The number of nitrogens with zero attached hydrogens (tertiary/aromatic N) is 3. The summed E-state index contributed by atoms with van der Waals surface area (Å²) in [4.78, 5) is 34.8. The van der Waals surface area contributed by atoms with E-state index in [1.165, 1.54) is 0 Å². The molecule has 0 aromatic carbocycles. The summed E-state index contributed by atoms with van der Waals surface area (Å²) in [5, 5.41) is 2.88. The second-order valence-corrected chi connectivity index (χ2v) is 7.93. The number of thioether (sulfide) groups is 1. The number of amides is 2. The van der Waals surface area contributed by atoms with Crippen LogP contribution in [-0.2, 0) is 16.1 Å². The Morgan fingerprint density at radius 1 is 1.43 bits per heavy atom. The van der Waals surface area contributed by atoms with Crippen molar-refractivity contribution in [2.24, 2.45) is 5.41 Å². The molecule has 2 rings (SSSR count). The molecule has 0 bridgehead atoms. The molecule has 0 saturated carbocycles. The number of aryl methyl sites for hydroxylation is 1. The zero-order valence-corrected chi connectivity index (χ0v) is 14.9. The molecule has 2 amide bonds. The van der Waals surface area contributed by atoms with Crippen LogP contribution >= 0.6 is 11.8 Å². The second-order valence-electron chi connectivity index (χ2n) is 6.93. The third-order valence-electron chi connectivity index (χ3n) is 3.46. The molecule has 126 valence electrons. The first kappa shape index (κ1) is 17.7. The zero-order chi connectivity index (χ0) is 17.0. The van der Waals surface area contributed by atoms with Gasteiger partial charge in [0.05, 0.1) is 18.1 Å². The Kier molecular flexibility index (Phi) is 5.62. The first-order chi connectivity index (χ1) is 10.8. The summed E-state index contributed by atoms with van der Waals surface area (Å²) in [6.07, 6.45) is 2.12. The Hall–Kier alpha value is -1.63. The van der Waals surface area contributed by atoms with Crippen molar-refractivity contribution < 1.29 is 9.59 Å². The van der Waals surface area contributed by atoms with Crippen molar-refractivity contribution in [1.29, 1.82) is 0 Å². The number of aromatic nitrogens is 2. The lowest BCUT2D eigenvalue weighted by molar-refractivity contribution is -0.139. The van der Waals surface area contributed by atoms with E-state index in [9.17, 15) is 9.59 Å². The fourth-order valence-corrected chi connectivity index (χ4v) is 3.54. The lowest BCUT2D eigenvalue weighted by Gasteiger charge is -2.26. The summed E-state index contributed by atoms with van der Waals surface area (Å²) in [7, 11) is 0. The minimum absolute atomic E-state index is 0.0422. The van der Waals surface area contributed by atoms with E-state index in [0.29, 0.717) is 30.4 Å². The third-order valence-corrected chi connectivity index (χ3v) is 4.48. The van der Waals surface area contributed by atoms with Crippen molar-refractivity contribution in [2.45, 2.75) is 46.7 Å². The van der Waals surface area contributed by atoms with Crippen molar-refractivity contribution in [3.63, 3.8) is 0 Å². The second kappa shape index (κ2) is 7.29. The van der Waals surface area contributed by atoms with Gasteiger partial charge < -0.3 is 10.2 Å². The Morgan fingerprint density at radius 3 is 2.83 bits per heavy atom. The standard InChI is InChI=1S/C16H24N4O2S/c1-11-17-6-5-12(19-11)8-18-15(22)13-9-23-10-20(13)14(21)7-16(2,3)4/h5-6,13H,7-10H2,1-4H3,(H,18,22)/t13-/m1/s1. The highest BCUT2D eigenvalue weighted by molar-refractivity contribution is 7.99. The van der Waals surface area contributed by atoms with Gasteiger partial charge in [0, 0.05) is 18.4 Å². The fourth-order valence-electron chi connectivity index (χ4n) is 2.36. The maximum Gasteiger partial charge on any atom is 0.244 e. The van der Waals surface area contributed by atoms with E-state index < -0.39 is 6.04 Å². The molecule has 1 aliphatic rings. The summed E-state index contributed by atoms with van der Waals surface area (Å²) in [5.41, 5.74) is 0.688. The predicted molar refractivity (Wildman–Crippen MR) is 90.6 cm³/mol. The van der Waals surface area contributed by atoms with Crippen molar-refractivity contribution in [2.75, 3.05) is 11.6 Å². The van der Waals surface area contributed by atoms with Crippen LogP contribution in [0.3, 0.4) is 0 Å². The van der Waals surface area contributed by atoms with Gasteiger partial charge in [-0.1, -0.05) is 20.8 Å². The number of nitrogens with one attached hydrogen (secondary N) is 1. The van der Waals surface area contributed by atoms with Gasteiger partial charge in [-0.15, -0.1) is 11.8 Å². The molecular formula is C16H24N4O2S. The predicted octanol–water partition coefficient (Wildman–Crippen LogP) is 1.74. The molecule has 0 spiro atoms. The molecule has 6 nitrogen and oxygen atoms in total. The maximum absolute atomic E-state index is 12.4. The molecule has 1 saturated heterocycles. The average molecular weight is 336 g/mol. The Labute approximate surface area is 141 Å². The van der Waals surface area contributed by atoms with Crippen LogP contribution in [0, 0.1) is 12.3 Å². The van der Waals surface area contributed by atoms with Crippen molar-refractivity contribution in [3.05, 3.63) is 23.8 Å². The van der Waals surface area contributed by atoms with Crippen molar-refractivity contribution >= 4 is 23.6 Å². The number of hydrogen-bond acceptors (Lipinski definition) is 5. The quantitative estimate of drug-likeness (QED) is 0.906. The van der Waals surface area contributed by atoms with Crippen LogP contribution in [0.5, 0.6) is 0 Å². The van der Waals surface area contributed by atoms with Crippen LogP contribution in [0.1, 0.15) is 38.7 Å². The molecule has 1 aromatic heterocycles. The van der Waals surface area contributed by atoms with Gasteiger partial charge in [-0.3, -0.25) is 9.59 Å². The molecular weight excluding hydrogens is 312 g/mol. The Bertz CT molecular complexity index is 586. The van der Waals surface area contributed by atoms with Gasteiger partial charge in [-0.05, 0) is 18.4 Å². The van der Waals surface area contributed by atoms with Crippen LogP contribution < -0.4 is 5.32 Å². The summed E-state index contributed by atoms with van der Waals surface area (Å²) >= 11 is 1.62.